The number of hydrogen-bond acceptors (Lipinski definition) is 3. The molecule has 0 heterocycles. The van der Waals surface area contributed by atoms with E-state index in [9.17, 15) is 4.79 Å². The standard InChI is InChI=1S/C16H26N2O2/c1-16(2,9-11-20-3)12-18-15(19)14-6-4-13(5-7-14)8-10-17/h4-7H,8-12,17H2,1-3H3,(H,18,19). The fourth-order valence-corrected chi connectivity index (χ4v) is 1.88. The van der Waals surface area contributed by atoms with Gasteiger partial charge in [-0.1, -0.05) is 26.0 Å². The van der Waals surface area contributed by atoms with E-state index >= 15 is 0 Å². The topological polar surface area (TPSA) is 64.3 Å². The minimum Gasteiger partial charge on any atom is -0.385 e. The zero-order valence-electron chi connectivity index (χ0n) is 12.7. The van der Waals surface area contributed by atoms with Gasteiger partial charge in [0.15, 0.2) is 0 Å². The van der Waals surface area contributed by atoms with Crippen LogP contribution in [0.4, 0.5) is 0 Å². The third kappa shape index (κ3) is 5.72. The zero-order chi connectivity index (χ0) is 15.0. The van der Waals surface area contributed by atoms with Crippen molar-refractivity contribution in [1.29, 1.82) is 0 Å². The Kier molecular flexibility index (Phi) is 6.68. The van der Waals surface area contributed by atoms with Gasteiger partial charge in [-0.25, -0.2) is 0 Å². The molecule has 3 N–H and O–H groups in total. The van der Waals surface area contributed by atoms with Crippen molar-refractivity contribution in [3.8, 4) is 0 Å². The van der Waals surface area contributed by atoms with Gasteiger partial charge in [-0.15, -0.1) is 0 Å². The summed E-state index contributed by atoms with van der Waals surface area (Å²) in [5, 5.41) is 2.98. The monoisotopic (exact) mass is 278 g/mol. The van der Waals surface area contributed by atoms with Crippen molar-refractivity contribution in [2.45, 2.75) is 26.7 Å². The van der Waals surface area contributed by atoms with Crippen LogP contribution in [0.3, 0.4) is 0 Å². The fourth-order valence-electron chi connectivity index (χ4n) is 1.88. The number of carbonyl (C=O) groups excluding carboxylic acids is 1. The van der Waals surface area contributed by atoms with E-state index in [1.807, 2.05) is 24.3 Å². The lowest BCUT2D eigenvalue weighted by atomic mass is 9.89. The molecule has 0 unspecified atom stereocenters. The predicted octanol–water partition coefficient (Wildman–Crippen LogP) is 1.98. The van der Waals surface area contributed by atoms with Gasteiger partial charge in [-0.2, -0.15) is 0 Å². The molecule has 0 aromatic heterocycles. The number of nitrogens with one attached hydrogen (secondary N) is 1. The van der Waals surface area contributed by atoms with Crippen LogP contribution < -0.4 is 11.1 Å². The Labute approximate surface area is 121 Å². The number of ether oxygens (including phenoxy) is 1. The van der Waals surface area contributed by atoms with E-state index in [-0.39, 0.29) is 11.3 Å². The summed E-state index contributed by atoms with van der Waals surface area (Å²) < 4.78 is 5.08. The first kappa shape index (κ1) is 16.7. The molecule has 4 nitrogen and oxygen atoms in total. The Morgan fingerprint density at radius 3 is 2.50 bits per heavy atom. The number of rotatable bonds is 8. The summed E-state index contributed by atoms with van der Waals surface area (Å²) in [6.45, 7) is 6.21. The lowest BCUT2D eigenvalue weighted by Gasteiger charge is -2.24. The molecular weight excluding hydrogens is 252 g/mol. The molecule has 0 spiro atoms. The largest absolute Gasteiger partial charge is 0.385 e. The van der Waals surface area contributed by atoms with Gasteiger partial charge in [0.05, 0.1) is 0 Å². The summed E-state index contributed by atoms with van der Waals surface area (Å²) in [5.74, 6) is -0.0326. The summed E-state index contributed by atoms with van der Waals surface area (Å²) in [4.78, 5) is 12.1. The number of benzene rings is 1. The van der Waals surface area contributed by atoms with Crippen molar-refractivity contribution in [3.05, 3.63) is 35.4 Å². The molecule has 4 heteroatoms. The smallest absolute Gasteiger partial charge is 0.251 e. The van der Waals surface area contributed by atoms with E-state index in [1.54, 1.807) is 7.11 Å². The third-order valence-electron chi connectivity index (χ3n) is 3.36. The first-order valence-corrected chi connectivity index (χ1v) is 7.04. The van der Waals surface area contributed by atoms with Crippen molar-refractivity contribution < 1.29 is 9.53 Å². The van der Waals surface area contributed by atoms with Gasteiger partial charge in [0.2, 0.25) is 0 Å². The highest BCUT2D eigenvalue weighted by molar-refractivity contribution is 5.94. The average molecular weight is 278 g/mol. The van der Waals surface area contributed by atoms with E-state index in [1.165, 1.54) is 0 Å². The van der Waals surface area contributed by atoms with Crippen LogP contribution in [0.1, 0.15) is 36.2 Å². The highest BCUT2D eigenvalue weighted by Crippen LogP contribution is 2.19. The van der Waals surface area contributed by atoms with Crippen LogP contribution in [-0.2, 0) is 11.2 Å². The van der Waals surface area contributed by atoms with Crippen molar-refractivity contribution in [1.82, 2.24) is 5.32 Å². The van der Waals surface area contributed by atoms with Crippen molar-refractivity contribution >= 4 is 5.91 Å². The van der Waals surface area contributed by atoms with Crippen molar-refractivity contribution in [2.75, 3.05) is 26.8 Å². The van der Waals surface area contributed by atoms with Crippen LogP contribution in [0.25, 0.3) is 0 Å². The maximum Gasteiger partial charge on any atom is 0.251 e. The van der Waals surface area contributed by atoms with Crippen LogP contribution in [0.2, 0.25) is 0 Å². The SMILES string of the molecule is COCCC(C)(C)CNC(=O)c1ccc(CCN)cc1. The first-order valence-electron chi connectivity index (χ1n) is 7.04. The summed E-state index contributed by atoms with van der Waals surface area (Å²) in [5.41, 5.74) is 7.38. The van der Waals surface area contributed by atoms with Gasteiger partial charge < -0.3 is 15.8 Å². The van der Waals surface area contributed by atoms with Gasteiger partial charge in [-0.3, -0.25) is 4.79 Å². The van der Waals surface area contributed by atoms with Crippen molar-refractivity contribution in [2.24, 2.45) is 11.1 Å². The summed E-state index contributed by atoms with van der Waals surface area (Å²) in [7, 11) is 1.69. The quantitative estimate of drug-likeness (QED) is 0.764. The Balaban J connectivity index is 2.49. The van der Waals surface area contributed by atoms with Crippen LogP contribution in [-0.4, -0.2) is 32.7 Å². The van der Waals surface area contributed by atoms with Gasteiger partial charge in [-0.05, 0) is 42.5 Å². The Bertz CT molecular complexity index is 413. The maximum absolute atomic E-state index is 12.1. The average Bonchev–Trinajstić information content (AvgIpc) is 2.44. The molecule has 0 aliphatic rings. The summed E-state index contributed by atoms with van der Waals surface area (Å²) >= 11 is 0. The van der Waals surface area contributed by atoms with Crippen LogP contribution >= 0.6 is 0 Å². The second kappa shape index (κ2) is 8.02. The molecule has 20 heavy (non-hydrogen) atoms. The van der Waals surface area contributed by atoms with E-state index in [0.29, 0.717) is 25.3 Å². The molecule has 112 valence electrons. The minimum absolute atomic E-state index is 0.0326. The fraction of sp³-hybridized carbons (Fsp3) is 0.562. The third-order valence-corrected chi connectivity index (χ3v) is 3.36. The second-order valence-electron chi connectivity index (χ2n) is 5.83. The van der Waals surface area contributed by atoms with Crippen molar-refractivity contribution in [3.63, 3.8) is 0 Å². The van der Waals surface area contributed by atoms with E-state index in [4.69, 9.17) is 10.5 Å². The molecule has 0 radical (unpaired) electrons. The maximum atomic E-state index is 12.1. The second-order valence-corrected chi connectivity index (χ2v) is 5.83. The molecule has 0 aliphatic heterocycles. The number of carbonyl (C=O) groups is 1. The molecule has 1 aromatic rings. The molecule has 1 rings (SSSR count). The van der Waals surface area contributed by atoms with E-state index < -0.39 is 0 Å². The highest BCUT2D eigenvalue weighted by atomic mass is 16.5. The molecular formula is C16H26N2O2. The molecule has 0 saturated heterocycles. The summed E-state index contributed by atoms with van der Waals surface area (Å²) in [6, 6.07) is 7.61. The number of amides is 1. The Morgan fingerprint density at radius 1 is 1.30 bits per heavy atom. The first-order chi connectivity index (χ1) is 9.48. The van der Waals surface area contributed by atoms with Gasteiger partial charge in [0, 0.05) is 25.8 Å². The Hall–Kier alpha value is -1.39. The molecule has 1 aromatic carbocycles. The van der Waals surface area contributed by atoms with Gasteiger partial charge in [0.25, 0.3) is 5.91 Å². The molecule has 0 fully saturated rings. The molecule has 0 saturated carbocycles. The highest BCUT2D eigenvalue weighted by Gasteiger charge is 2.18. The number of nitrogens with two attached hydrogens (primary N) is 1. The van der Waals surface area contributed by atoms with E-state index in [0.717, 1.165) is 18.4 Å². The molecule has 0 atom stereocenters. The molecule has 0 aliphatic carbocycles. The normalized spacial score (nSPS) is 11.4. The Morgan fingerprint density at radius 2 is 1.95 bits per heavy atom. The number of hydrogen-bond donors (Lipinski definition) is 2. The van der Waals surface area contributed by atoms with E-state index in [2.05, 4.69) is 19.2 Å². The van der Waals surface area contributed by atoms with Crippen LogP contribution in [0.15, 0.2) is 24.3 Å². The minimum atomic E-state index is -0.0326. The van der Waals surface area contributed by atoms with Gasteiger partial charge >= 0.3 is 0 Å². The van der Waals surface area contributed by atoms with Gasteiger partial charge in [0.1, 0.15) is 0 Å². The van der Waals surface area contributed by atoms with Crippen LogP contribution in [0, 0.1) is 5.41 Å². The number of methoxy groups -OCH3 is 1. The lowest BCUT2D eigenvalue weighted by Crippen LogP contribution is -2.34. The zero-order valence-corrected chi connectivity index (χ0v) is 12.7. The van der Waals surface area contributed by atoms with Crippen LogP contribution in [0.5, 0.6) is 0 Å². The summed E-state index contributed by atoms with van der Waals surface area (Å²) in [6.07, 6.45) is 1.76. The molecule has 1 amide bonds. The predicted molar refractivity (Wildman–Crippen MR) is 81.8 cm³/mol. The molecule has 0 bridgehead atoms. The lowest BCUT2D eigenvalue weighted by molar-refractivity contribution is 0.0921.